The van der Waals surface area contributed by atoms with Gasteiger partial charge in [0, 0.05) is 32.1 Å². The van der Waals surface area contributed by atoms with E-state index < -0.39 is 0 Å². The average molecular weight is 444 g/mol. The fraction of sp³-hybridized carbons (Fsp3) is 0.565. The molecule has 8 heteroatoms. The summed E-state index contributed by atoms with van der Waals surface area (Å²) in [5.74, 6) is 1.39. The minimum absolute atomic E-state index is 0.0506. The van der Waals surface area contributed by atoms with Crippen LogP contribution in [0, 0.1) is 13.8 Å². The second-order valence-corrected chi connectivity index (χ2v) is 9.12. The Morgan fingerprint density at radius 1 is 1.10 bits per heavy atom. The van der Waals surface area contributed by atoms with Crippen molar-refractivity contribution < 1.29 is 9.59 Å². The molecule has 0 spiro atoms. The third kappa shape index (κ3) is 5.67. The van der Waals surface area contributed by atoms with Crippen molar-refractivity contribution in [2.75, 3.05) is 25.4 Å². The predicted molar refractivity (Wildman–Crippen MR) is 123 cm³/mol. The lowest BCUT2D eigenvalue weighted by Gasteiger charge is -2.40. The Labute approximate surface area is 189 Å². The highest BCUT2D eigenvalue weighted by Crippen LogP contribution is 2.24. The molecule has 0 aliphatic carbocycles. The van der Waals surface area contributed by atoms with E-state index in [1.165, 1.54) is 11.8 Å². The van der Waals surface area contributed by atoms with Crippen molar-refractivity contribution in [2.45, 2.75) is 64.6 Å². The van der Waals surface area contributed by atoms with E-state index in [2.05, 4.69) is 30.1 Å². The van der Waals surface area contributed by atoms with Crippen LogP contribution in [0.4, 0.5) is 0 Å². The van der Waals surface area contributed by atoms with E-state index in [1.54, 1.807) is 0 Å². The monoisotopic (exact) mass is 443 g/mol. The van der Waals surface area contributed by atoms with Crippen LogP contribution in [0.3, 0.4) is 0 Å². The van der Waals surface area contributed by atoms with Crippen LogP contribution in [0.2, 0.25) is 0 Å². The quantitative estimate of drug-likeness (QED) is 0.460. The van der Waals surface area contributed by atoms with Crippen molar-refractivity contribution in [2.24, 2.45) is 0 Å². The van der Waals surface area contributed by atoms with Crippen molar-refractivity contribution in [1.29, 1.82) is 0 Å². The maximum atomic E-state index is 12.9. The zero-order valence-electron chi connectivity index (χ0n) is 19.0. The van der Waals surface area contributed by atoms with Gasteiger partial charge in [-0.05, 0) is 38.8 Å². The van der Waals surface area contributed by atoms with Crippen LogP contribution in [-0.2, 0) is 9.59 Å². The van der Waals surface area contributed by atoms with Gasteiger partial charge in [0.2, 0.25) is 11.8 Å². The zero-order valence-corrected chi connectivity index (χ0v) is 19.8. The Morgan fingerprint density at radius 3 is 2.58 bits per heavy atom. The first kappa shape index (κ1) is 23.3. The first-order chi connectivity index (χ1) is 14.9. The molecule has 1 aromatic heterocycles. The Morgan fingerprint density at radius 2 is 1.87 bits per heavy atom. The van der Waals surface area contributed by atoms with E-state index in [0.29, 0.717) is 31.8 Å². The number of aromatic nitrogens is 3. The molecular weight excluding hydrogens is 410 g/mol. The number of carbonyl (C=O) groups is 2. The number of amides is 2. The number of para-hydroxylation sites is 1. The molecule has 3 rings (SSSR count). The fourth-order valence-corrected chi connectivity index (χ4v) is 4.86. The first-order valence-corrected chi connectivity index (χ1v) is 12.1. The van der Waals surface area contributed by atoms with Gasteiger partial charge in [0.25, 0.3) is 0 Å². The molecule has 1 aromatic carbocycles. The molecule has 1 saturated heterocycles. The van der Waals surface area contributed by atoms with Crippen molar-refractivity contribution in [3.05, 3.63) is 35.7 Å². The van der Waals surface area contributed by atoms with Gasteiger partial charge in [-0.25, -0.2) is 0 Å². The van der Waals surface area contributed by atoms with E-state index in [4.69, 9.17) is 0 Å². The molecule has 31 heavy (non-hydrogen) atoms. The Hall–Kier alpha value is -2.35. The van der Waals surface area contributed by atoms with Gasteiger partial charge >= 0.3 is 0 Å². The Balaban J connectivity index is 1.57. The highest BCUT2D eigenvalue weighted by Gasteiger charge is 2.29. The number of carbonyl (C=O) groups excluding carboxylic acids is 2. The molecule has 0 bridgehead atoms. The smallest absolute Gasteiger partial charge is 0.233 e. The van der Waals surface area contributed by atoms with Gasteiger partial charge in [-0.2, -0.15) is 0 Å². The Bertz CT molecular complexity index is 913. The van der Waals surface area contributed by atoms with Gasteiger partial charge < -0.3 is 9.80 Å². The summed E-state index contributed by atoms with van der Waals surface area (Å²) in [4.78, 5) is 29.1. The molecule has 1 aliphatic heterocycles. The molecule has 0 radical (unpaired) electrons. The lowest BCUT2D eigenvalue weighted by atomic mass is 10.1. The molecule has 1 unspecified atom stereocenters. The van der Waals surface area contributed by atoms with Gasteiger partial charge in [0.05, 0.1) is 11.4 Å². The van der Waals surface area contributed by atoms with Crippen molar-refractivity contribution >= 4 is 23.6 Å². The van der Waals surface area contributed by atoms with Crippen LogP contribution >= 0.6 is 11.8 Å². The third-order valence-electron chi connectivity index (χ3n) is 5.77. The maximum absolute atomic E-state index is 12.9. The number of hydrogen-bond acceptors (Lipinski definition) is 5. The molecular formula is C23H33N5O2S. The summed E-state index contributed by atoms with van der Waals surface area (Å²) < 4.78 is 2.00. The van der Waals surface area contributed by atoms with Crippen LogP contribution in [-0.4, -0.2) is 67.8 Å². The predicted octanol–water partition coefficient (Wildman–Crippen LogP) is 3.62. The molecule has 2 amide bonds. The van der Waals surface area contributed by atoms with E-state index in [9.17, 15) is 9.59 Å². The minimum atomic E-state index is 0.0506. The summed E-state index contributed by atoms with van der Waals surface area (Å²) in [6.45, 7) is 9.93. The third-order valence-corrected chi connectivity index (χ3v) is 6.68. The van der Waals surface area contributed by atoms with Gasteiger partial charge in [0.1, 0.15) is 5.82 Å². The number of aryl methyl sites for hydroxylation is 2. The minimum Gasteiger partial charge on any atom is -0.338 e. The van der Waals surface area contributed by atoms with Crippen LogP contribution in [0.5, 0.6) is 0 Å². The van der Waals surface area contributed by atoms with Crippen LogP contribution in [0.1, 0.15) is 50.9 Å². The van der Waals surface area contributed by atoms with Gasteiger partial charge in [-0.3, -0.25) is 14.2 Å². The molecule has 0 saturated carbocycles. The van der Waals surface area contributed by atoms with Crippen LogP contribution < -0.4 is 0 Å². The number of piperazine rings is 1. The molecule has 1 aliphatic rings. The summed E-state index contributed by atoms with van der Waals surface area (Å²) in [6, 6.07) is 8.14. The Kier molecular flexibility index (Phi) is 8.12. The number of unbranched alkanes of at least 4 members (excludes halogenated alkanes) is 2. The molecule has 1 atom stereocenters. The summed E-state index contributed by atoms with van der Waals surface area (Å²) >= 11 is 1.41. The second-order valence-electron chi connectivity index (χ2n) is 8.17. The molecule has 0 N–H and O–H groups in total. The fourth-order valence-electron chi connectivity index (χ4n) is 3.97. The maximum Gasteiger partial charge on any atom is 0.233 e. The van der Waals surface area contributed by atoms with Gasteiger partial charge in [-0.15, -0.1) is 10.2 Å². The molecule has 1 fully saturated rings. The summed E-state index contributed by atoms with van der Waals surface area (Å²) in [5, 5.41) is 9.23. The number of hydrogen-bond donors (Lipinski definition) is 0. The first-order valence-electron chi connectivity index (χ1n) is 11.1. The van der Waals surface area contributed by atoms with Crippen LogP contribution in [0.25, 0.3) is 5.69 Å². The zero-order chi connectivity index (χ0) is 22.4. The molecule has 168 valence electrons. The van der Waals surface area contributed by atoms with E-state index in [1.807, 2.05) is 46.4 Å². The van der Waals surface area contributed by atoms with Crippen molar-refractivity contribution in [3.63, 3.8) is 0 Å². The second kappa shape index (κ2) is 10.8. The number of benzene rings is 1. The highest BCUT2D eigenvalue weighted by molar-refractivity contribution is 7.99. The summed E-state index contributed by atoms with van der Waals surface area (Å²) in [7, 11) is 0. The number of nitrogens with zero attached hydrogens (tertiary/aromatic N) is 5. The van der Waals surface area contributed by atoms with Gasteiger partial charge in [0.15, 0.2) is 5.16 Å². The van der Waals surface area contributed by atoms with Crippen molar-refractivity contribution in [3.8, 4) is 5.69 Å². The molecule has 2 aromatic rings. The van der Waals surface area contributed by atoms with E-state index >= 15 is 0 Å². The highest BCUT2D eigenvalue weighted by atomic mass is 32.2. The largest absolute Gasteiger partial charge is 0.338 e. The SMILES string of the molecule is CCCCCC(=O)N1CCN(C(=O)CSc2nnc(C)n2-c2ccccc2C)CC1C. The van der Waals surface area contributed by atoms with Gasteiger partial charge in [-0.1, -0.05) is 49.7 Å². The standard InChI is InChI=1S/C23H33N5O2S/c1-5-6-7-12-21(29)27-14-13-26(15-18(27)3)22(30)16-31-23-25-24-19(4)28(23)20-11-9-8-10-17(20)2/h8-11,18H,5-7,12-16H2,1-4H3. The van der Waals surface area contributed by atoms with Crippen LogP contribution in [0.15, 0.2) is 29.4 Å². The summed E-state index contributed by atoms with van der Waals surface area (Å²) in [6.07, 6.45) is 3.75. The van der Waals surface area contributed by atoms with E-state index in [0.717, 1.165) is 41.5 Å². The topological polar surface area (TPSA) is 71.3 Å². The average Bonchev–Trinajstić information content (AvgIpc) is 3.12. The van der Waals surface area contributed by atoms with Crippen molar-refractivity contribution in [1.82, 2.24) is 24.6 Å². The number of thioether (sulfide) groups is 1. The lowest BCUT2D eigenvalue weighted by molar-refractivity contribution is -0.141. The molecule has 7 nitrogen and oxygen atoms in total. The normalized spacial score (nSPS) is 16.6. The van der Waals surface area contributed by atoms with E-state index in [-0.39, 0.29) is 17.9 Å². The number of rotatable bonds is 8. The lowest BCUT2D eigenvalue weighted by Crippen LogP contribution is -2.55. The summed E-state index contributed by atoms with van der Waals surface area (Å²) in [5.41, 5.74) is 2.16. The molecule has 2 heterocycles.